The Kier molecular flexibility index (Phi) is 4.79. The van der Waals surface area contributed by atoms with E-state index in [9.17, 15) is 0 Å². The van der Waals surface area contributed by atoms with Gasteiger partial charge in [0.1, 0.15) is 5.82 Å². The first-order valence-corrected chi connectivity index (χ1v) is 10.7. The first kappa shape index (κ1) is 18.3. The molecule has 29 heavy (non-hydrogen) atoms. The molecule has 1 saturated carbocycles. The molecule has 2 fully saturated rings. The number of hydrogen-bond donors (Lipinski definition) is 1. The van der Waals surface area contributed by atoms with Crippen LogP contribution in [-0.4, -0.2) is 30.6 Å². The lowest BCUT2D eigenvalue weighted by Gasteiger charge is -2.33. The van der Waals surface area contributed by atoms with Crippen molar-refractivity contribution in [3.8, 4) is 5.82 Å². The Morgan fingerprint density at radius 2 is 1.90 bits per heavy atom. The Morgan fingerprint density at radius 3 is 2.62 bits per heavy atom. The van der Waals surface area contributed by atoms with E-state index >= 15 is 0 Å². The monoisotopic (exact) mass is 403 g/mol. The lowest BCUT2D eigenvalue weighted by Crippen LogP contribution is -2.38. The third-order valence-corrected chi connectivity index (χ3v) is 6.41. The summed E-state index contributed by atoms with van der Waals surface area (Å²) in [7, 11) is 0. The molecule has 1 aliphatic carbocycles. The van der Waals surface area contributed by atoms with Gasteiger partial charge >= 0.3 is 0 Å². The van der Waals surface area contributed by atoms with E-state index < -0.39 is 0 Å². The van der Waals surface area contributed by atoms with E-state index in [0.29, 0.717) is 6.04 Å². The maximum atomic E-state index is 5.84. The van der Waals surface area contributed by atoms with E-state index in [2.05, 4.69) is 68.2 Å². The molecule has 1 aliphatic heterocycles. The van der Waals surface area contributed by atoms with Crippen LogP contribution in [0.4, 0.5) is 0 Å². The van der Waals surface area contributed by atoms with Crippen LogP contribution in [0.2, 0.25) is 0 Å². The number of pyridine rings is 2. The molecule has 1 saturated heterocycles. The molecular weight excluding hydrogens is 378 g/mol. The van der Waals surface area contributed by atoms with Crippen LogP contribution in [0.25, 0.3) is 5.82 Å². The van der Waals surface area contributed by atoms with Crippen molar-refractivity contribution in [3.05, 3.63) is 78.0 Å². The van der Waals surface area contributed by atoms with Gasteiger partial charge in [0.25, 0.3) is 0 Å². The standard InChI is InChI=1S/C23H25N5S/c1-16-11-12-20(25-15-16)27-14-6-10-19(27)22-21(18-9-4-5-13-24-18)26-23(29)28(22)17-7-2-3-8-17/h4-6,9-15,17,21-22H,2-3,7-8H2,1H3,(H,26,29)/t21-,22-/m0/s1. The number of rotatable bonds is 4. The highest BCUT2D eigenvalue weighted by Gasteiger charge is 2.44. The molecule has 4 heterocycles. The minimum atomic E-state index is 0.0170. The molecule has 148 valence electrons. The number of nitrogens with one attached hydrogen (secondary N) is 1. The second-order valence-electron chi connectivity index (χ2n) is 7.97. The van der Waals surface area contributed by atoms with Crippen LogP contribution in [0.15, 0.2) is 61.1 Å². The summed E-state index contributed by atoms with van der Waals surface area (Å²) >= 11 is 5.84. The molecule has 3 aromatic rings. The molecule has 0 spiro atoms. The molecule has 5 nitrogen and oxygen atoms in total. The van der Waals surface area contributed by atoms with E-state index in [1.54, 1.807) is 0 Å². The fraction of sp³-hybridized carbons (Fsp3) is 0.348. The second kappa shape index (κ2) is 7.59. The molecule has 3 aromatic heterocycles. The van der Waals surface area contributed by atoms with Gasteiger partial charge in [-0.1, -0.05) is 25.0 Å². The summed E-state index contributed by atoms with van der Waals surface area (Å²) in [5, 5.41) is 4.42. The highest BCUT2D eigenvalue weighted by atomic mass is 32.1. The first-order valence-electron chi connectivity index (χ1n) is 10.3. The van der Waals surface area contributed by atoms with E-state index in [4.69, 9.17) is 12.2 Å². The van der Waals surface area contributed by atoms with E-state index in [-0.39, 0.29) is 12.1 Å². The van der Waals surface area contributed by atoms with E-state index in [1.165, 1.54) is 31.4 Å². The summed E-state index contributed by atoms with van der Waals surface area (Å²) in [5.74, 6) is 0.930. The highest BCUT2D eigenvalue weighted by molar-refractivity contribution is 7.80. The largest absolute Gasteiger partial charge is 0.352 e. The summed E-state index contributed by atoms with van der Waals surface area (Å²) in [6.07, 6.45) is 10.8. The van der Waals surface area contributed by atoms with Crippen molar-refractivity contribution in [2.45, 2.75) is 50.7 Å². The quantitative estimate of drug-likeness (QED) is 0.650. The third-order valence-electron chi connectivity index (χ3n) is 6.08. The SMILES string of the molecule is Cc1ccc(-n2cccc2[C@H]2[C@H](c3ccccn3)NC(=S)N2C2CCCC2)nc1. The van der Waals surface area contributed by atoms with E-state index in [0.717, 1.165) is 22.2 Å². The molecule has 0 bridgehead atoms. The molecule has 2 aliphatic rings. The van der Waals surface area contributed by atoms with Crippen molar-refractivity contribution in [1.82, 2.24) is 24.8 Å². The lowest BCUT2D eigenvalue weighted by molar-refractivity contribution is 0.239. The number of aromatic nitrogens is 3. The zero-order chi connectivity index (χ0) is 19.8. The predicted molar refractivity (Wildman–Crippen MR) is 118 cm³/mol. The Labute approximate surface area is 176 Å². The molecule has 0 unspecified atom stereocenters. The van der Waals surface area contributed by atoms with Crippen LogP contribution in [-0.2, 0) is 0 Å². The van der Waals surface area contributed by atoms with Crippen LogP contribution in [0.3, 0.4) is 0 Å². The molecule has 0 radical (unpaired) electrons. The normalized spacial score (nSPS) is 22.2. The van der Waals surface area contributed by atoms with Crippen molar-refractivity contribution in [2.75, 3.05) is 0 Å². The fourth-order valence-electron chi connectivity index (χ4n) is 4.70. The number of hydrogen-bond acceptors (Lipinski definition) is 3. The minimum absolute atomic E-state index is 0.0170. The maximum absolute atomic E-state index is 5.84. The van der Waals surface area contributed by atoms with Gasteiger partial charge < -0.3 is 14.8 Å². The fourth-order valence-corrected chi connectivity index (χ4v) is 5.09. The van der Waals surface area contributed by atoms with Gasteiger partial charge in [0.05, 0.1) is 17.8 Å². The molecule has 6 heteroatoms. The number of thiocarbonyl (C=S) groups is 1. The molecule has 0 aromatic carbocycles. The third kappa shape index (κ3) is 3.31. The van der Waals surface area contributed by atoms with E-state index in [1.807, 2.05) is 24.5 Å². The van der Waals surface area contributed by atoms with Gasteiger partial charge in [-0.15, -0.1) is 0 Å². The Balaban J connectivity index is 1.61. The van der Waals surface area contributed by atoms with Gasteiger partial charge in [0, 0.05) is 30.3 Å². The summed E-state index contributed by atoms with van der Waals surface area (Å²) < 4.78 is 2.19. The summed E-state index contributed by atoms with van der Waals surface area (Å²) in [5.41, 5.74) is 3.37. The first-order chi connectivity index (χ1) is 14.2. The highest BCUT2D eigenvalue weighted by Crippen LogP contribution is 2.43. The summed E-state index contributed by atoms with van der Waals surface area (Å²) in [4.78, 5) is 11.8. The molecule has 0 amide bonds. The Morgan fingerprint density at radius 1 is 1.03 bits per heavy atom. The molecule has 2 atom stereocenters. The molecule has 5 rings (SSSR count). The summed E-state index contributed by atoms with van der Waals surface area (Å²) in [6, 6.07) is 15.1. The zero-order valence-electron chi connectivity index (χ0n) is 16.5. The topological polar surface area (TPSA) is 46.0 Å². The van der Waals surface area contributed by atoms with Gasteiger partial charge in [-0.2, -0.15) is 0 Å². The number of aryl methyl sites for hydroxylation is 1. The van der Waals surface area contributed by atoms with Crippen LogP contribution < -0.4 is 5.32 Å². The van der Waals surface area contributed by atoms with Gasteiger partial charge in [-0.05, 0) is 67.9 Å². The minimum Gasteiger partial charge on any atom is -0.352 e. The van der Waals surface area contributed by atoms with Crippen molar-refractivity contribution < 1.29 is 0 Å². The second-order valence-corrected chi connectivity index (χ2v) is 8.36. The van der Waals surface area contributed by atoms with Crippen molar-refractivity contribution in [3.63, 3.8) is 0 Å². The van der Waals surface area contributed by atoms with Gasteiger partial charge in [-0.3, -0.25) is 4.98 Å². The zero-order valence-corrected chi connectivity index (χ0v) is 17.3. The van der Waals surface area contributed by atoms with Crippen molar-refractivity contribution in [1.29, 1.82) is 0 Å². The van der Waals surface area contributed by atoms with Crippen LogP contribution in [0.5, 0.6) is 0 Å². The number of nitrogens with zero attached hydrogens (tertiary/aromatic N) is 4. The predicted octanol–water partition coefficient (Wildman–Crippen LogP) is 4.49. The van der Waals surface area contributed by atoms with Crippen LogP contribution in [0, 0.1) is 6.92 Å². The maximum Gasteiger partial charge on any atom is 0.170 e. The van der Waals surface area contributed by atoms with Crippen LogP contribution in [0.1, 0.15) is 54.7 Å². The Bertz CT molecular complexity index is 992. The van der Waals surface area contributed by atoms with Gasteiger partial charge in [-0.25, -0.2) is 4.98 Å². The van der Waals surface area contributed by atoms with Gasteiger partial charge in [0.15, 0.2) is 5.11 Å². The summed E-state index contributed by atoms with van der Waals surface area (Å²) in [6.45, 7) is 2.06. The molecular formula is C23H25N5S. The lowest BCUT2D eigenvalue weighted by atomic mass is 9.99. The smallest absolute Gasteiger partial charge is 0.170 e. The van der Waals surface area contributed by atoms with Crippen molar-refractivity contribution in [2.24, 2.45) is 0 Å². The molecule has 1 N–H and O–H groups in total. The van der Waals surface area contributed by atoms with Gasteiger partial charge in [0.2, 0.25) is 0 Å². The van der Waals surface area contributed by atoms with Crippen LogP contribution >= 0.6 is 12.2 Å². The Hall–Kier alpha value is -2.73. The van der Waals surface area contributed by atoms with Crippen molar-refractivity contribution >= 4 is 17.3 Å². The average Bonchev–Trinajstić information content (AvgIpc) is 3.48. The average molecular weight is 404 g/mol.